The van der Waals surface area contributed by atoms with Crippen LogP contribution in [-0.4, -0.2) is 37.0 Å². The highest BCUT2D eigenvalue weighted by atomic mass is 16.5. The number of amides is 2. The van der Waals surface area contributed by atoms with E-state index in [0.717, 1.165) is 28.2 Å². The van der Waals surface area contributed by atoms with E-state index < -0.39 is 0 Å². The van der Waals surface area contributed by atoms with Crippen molar-refractivity contribution in [2.24, 2.45) is 0 Å². The molecule has 0 aliphatic heterocycles. The molecule has 0 radical (unpaired) electrons. The van der Waals surface area contributed by atoms with E-state index >= 15 is 0 Å². The number of hydrogen-bond acceptors (Lipinski definition) is 4. The highest BCUT2D eigenvalue weighted by Gasteiger charge is 2.14. The molecule has 6 nitrogen and oxygen atoms in total. The van der Waals surface area contributed by atoms with Gasteiger partial charge in [-0.1, -0.05) is 42.5 Å². The first-order chi connectivity index (χ1) is 15.9. The van der Waals surface area contributed by atoms with Crippen molar-refractivity contribution in [2.45, 2.75) is 26.8 Å². The van der Waals surface area contributed by atoms with Crippen LogP contribution in [0.15, 0.2) is 89.7 Å². The average Bonchev–Trinajstić information content (AvgIpc) is 3.00. The Labute approximate surface area is 195 Å². The SMILES string of the molecule is COC1=CC=C(CN(Cc2ccccc2)C(C)=O)C=C(COc2ccc(NC(C)=O)cc2)C1. The normalized spacial score (nSPS) is 13.1. The van der Waals surface area contributed by atoms with Crippen molar-refractivity contribution in [2.75, 3.05) is 25.6 Å². The maximum absolute atomic E-state index is 12.3. The predicted octanol–water partition coefficient (Wildman–Crippen LogP) is 4.86. The van der Waals surface area contributed by atoms with E-state index in [0.29, 0.717) is 31.9 Å². The molecule has 0 heterocycles. The fourth-order valence-electron chi connectivity index (χ4n) is 3.49. The lowest BCUT2D eigenvalue weighted by Gasteiger charge is -2.22. The van der Waals surface area contributed by atoms with Crippen molar-refractivity contribution in [1.29, 1.82) is 0 Å². The fourth-order valence-corrected chi connectivity index (χ4v) is 3.49. The van der Waals surface area contributed by atoms with E-state index in [2.05, 4.69) is 11.4 Å². The molecule has 33 heavy (non-hydrogen) atoms. The molecule has 0 aromatic heterocycles. The maximum Gasteiger partial charge on any atom is 0.221 e. The number of rotatable bonds is 9. The molecule has 0 unspecified atom stereocenters. The van der Waals surface area contributed by atoms with Gasteiger partial charge in [0.05, 0.1) is 12.9 Å². The van der Waals surface area contributed by atoms with Crippen LogP contribution in [0, 0.1) is 0 Å². The molecule has 0 atom stereocenters. The molecule has 1 aliphatic rings. The number of methoxy groups -OCH3 is 1. The van der Waals surface area contributed by atoms with E-state index in [1.165, 1.54) is 6.92 Å². The Hall–Kier alpha value is -3.80. The molecule has 0 saturated heterocycles. The van der Waals surface area contributed by atoms with Gasteiger partial charge in [-0.2, -0.15) is 0 Å². The molecule has 6 heteroatoms. The van der Waals surface area contributed by atoms with Crippen LogP contribution >= 0.6 is 0 Å². The summed E-state index contributed by atoms with van der Waals surface area (Å²) in [6, 6.07) is 17.2. The summed E-state index contributed by atoms with van der Waals surface area (Å²) in [6.07, 6.45) is 6.64. The Bertz CT molecular complexity index is 1050. The quantitative estimate of drug-likeness (QED) is 0.597. The van der Waals surface area contributed by atoms with Crippen LogP contribution < -0.4 is 10.1 Å². The number of hydrogen-bond donors (Lipinski definition) is 1. The number of benzene rings is 2. The van der Waals surface area contributed by atoms with Crippen LogP contribution in [0.4, 0.5) is 5.69 Å². The van der Waals surface area contributed by atoms with Gasteiger partial charge in [0.15, 0.2) is 0 Å². The van der Waals surface area contributed by atoms with Gasteiger partial charge in [0.25, 0.3) is 0 Å². The predicted molar refractivity (Wildman–Crippen MR) is 130 cm³/mol. The zero-order valence-electron chi connectivity index (χ0n) is 19.3. The van der Waals surface area contributed by atoms with Crippen LogP contribution in [0.1, 0.15) is 25.8 Å². The largest absolute Gasteiger partial charge is 0.501 e. The minimum atomic E-state index is -0.114. The van der Waals surface area contributed by atoms with Crippen molar-refractivity contribution in [1.82, 2.24) is 4.90 Å². The second-order valence-electron chi connectivity index (χ2n) is 7.91. The molecule has 172 valence electrons. The van der Waals surface area contributed by atoms with E-state index in [9.17, 15) is 9.59 Å². The molecule has 0 saturated carbocycles. The fraction of sp³-hybridized carbons (Fsp3) is 0.259. The third-order valence-corrected chi connectivity index (χ3v) is 5.17. The van der Waals surface area contributed by atoms with Gasteiger partial charge in [0.1, 0.15) is 12.4 Å². The maximum atomic E-state index is 12.3. The minimum absolute atomic E-state index is 0.0189. The number of carbonyl (C=O) groups is 2. The van der Waals surface area contributed by atoms with Crippen molar-refractivity contribution in [3.8, 4) is 5.75 Å². The molecule has 2 aromatic carbocycles. The monoisotopic (exact) mass is 446 g/mol. The lowest BCUT2D eigenvalue weighted by atomic mass is 10.1. The van der Waals surface area contributed by atoms with E-state index in [1.54, 1.807) is 26.2 Å². The summed E-state index contributed by atoms with van der Waals surface area (Å²) in [5.41, 5.74) is 3.86. The Morgan fingerprint density at radius 1 is 0.970 bits per heavy atom. The molecule has 1 N–H and O–H groups in total. The summed E-state index contributed by atoms with van der Waals surface area (Å²) in [4.78, 5) is 25.3. The number of anilines is 1. The summed E-state index contributed by atoms with van der Waals surface area (Å²) in [5.74, 6) is 1.44. The Kier molecular flexibility index (Phi) is 8.47. The summed E-state index contributed by atoms with van der Waals surface area (Å²) in [6.45, 7) is 4.49. The Morgan fingerprint density at radius 2 is 1.70 bits per heavy atom. The van der Waals surface area contributed by atoms with E-state index in [-0.39, 0.29) is 11.8 Å². The van der Waals surface area contributed by atoms with Crippen LogP contribution in [0.3, 0.4) is 0 Å². The molecule has 0 spiro atoms. The van der Waals surface area contributed by atoms with E-state index in [1.807, 2.05) is 59.5 Å². The lowest BCUT2D eigenvalue weighted by Crippen LogP contribution is -2.30. The number of carbonyl (C=O) groups excluding carboxylic acids is 2. The zero-order valence-corrected chi connectivity index (χ0v) is 19.3. The smallest absolute Gasteiger partial charge is 0.221 e. The topological polar surface area (TPSA) is 67.9 Å². The minimum Gasteiger partial charge on any atom is -0.501 e. The number of allylic oxidation sites excluding steroid dienone is 3. The van der Waals surface area contributed by atoms with Gasteiger partial charge in [-0.25, -0.2) is 0 Å². The Balaban J connectivity index is 1.70. The first-order valence-corrected chi connectivity index (χ1v) is 10.9. The molecule has 2 aromatic rings. The summed E-state index contributed by atoms with van der Waals surface area (Å²) in [5, 5.41) is 2.74. The molecular formula is C27H30N2O4. The van der Waals surface area contributed by atoms with Gasteiger partial charge in [-0.05, 0) is 47.1 Å². The van der Waals surface area contributed by atoms with Crippen molar-refractivity contribution in [3.63, 3.8) is 0 Å². The first-order valence-electron chi connectivity index (χ1n) is 10.9. The van der Waals surface area contributed by atoms with Crippen molar-refractivity contribution in [3.05, 3.63) is 95.3 Å². The zero-order chi connectivity index (χ0) is 23.6. The standard InChI is InChI=1S/C27H30N2O4/c1-20(30)28-25-10-13-26(14-11-25)33-19-24-15-23(9-12-27(16-24)32-3)18-29(21(2)31)17-22-7-5-4-6-8-22/h4-15H,16-19H2,1-3H3,(H,28,30). The number of ether oxygens (including phenoxy) is 2. The lowest BCUT2D eigenvalue weighted by molar-refractivity contribution is -0.129. The first kappa shape index (κ1) is 23.9. The van der Waals surface area contributed by atoms with Gasteiger partial charge in [-0.3, -0.25) is 9.59 Å². The molecular weight excluding hydrogens is 416 g/mol. The number of nitrogens with one attached hydrogen (secondary N) is 1. The van der Waals surface area contributed by atoms with Crippen molar-refractivity contribution >= 4 is 17.5 Å². The summed E-state index contributed by atoms with van der Waals surface area (Å²) >= 11 is 0. The molecule has 3 rings (SSSR count). The molecule has 0 bridgehead atoms. The Morgan fingerprint density at radius 3 is 2.33 bits per heavy atom. The van der Waals surface area contributed by atoms with Gasteiger partial charge >= 0.3 is 0 Å². The van der Waals surface area contributed by atoms with Crippen LogP contribution in [0.5, 0.6) is 5.75 Å². The average molecular weight is 447 g/mol. The molecule has 0 fully saturated rings. The van der Waals surface area contributed by atoms with Gasteiger partial charge in [0.2, 0.25) is 11.8 Å². The van der Waals surface area contributed by atoms with Crippen molar-refractivity contribution < 1.29 is 19.1 Å². The molecule has 2 amide bonds. The van der Waals surface area contributed by atoms with Crippen LogP contribution in [0.25, 0.3) is 0 Å². The molecule has 1 aliphatic carbocycles. The van der Waals surface area contributed by atoms with Crippen LogP contribution in [-0.2, 0) is 20.9 Å². The third kappa shape index (κ3) is 7.68. The van der Waals surface area contributed by atoms with Gasteiger partial charge < -0.3 is 19.7 Å². The van der Waals surface area contributed by atoms with Gasteiger partial charge in [-0.15, -0.1) is 0 Å². The highest BCUT2D eigenvalue weighted by Crippen LogP contribution is 2.22. The van der Waals surface area contributed by atoms with Crippen LogP contribution in [0.2, 0.25) is 0 Å². The van der Waals surface area contributed by atoms with Gasteiger partial charge in [0, 0.05) is 39.0 Å². The summed E-state index contributed by atoms with van der Waals surface area (Å²) in [7, 11) is 1.65. The third-order valence-electron chi connectivity index (χ3n) is 5.17. The second kappa shape index (κ2) is 11.7. The number of nitrogens with zero attached hydrogens (tertiary/aromatic N) is 1. The van der Waals surface area contributed by atoms with E-state index in [4.69, 9.17) is 9.47 Å². The second-order valence-corrected chi connectivity index (χ2v) is 7.91. The highest BCUT2D eigenvalue weighted by molar-refractivity contribution is 5.88. The summed E-state index contributed by atoms with van der Waals surface area (Å²) < 4.78 is 11.5.